The van der Waals surface area contributed by atoms with Gasteiger partial charge in [0.2, 0.25) is 0 Å². The summed E-state index contributed by atoms with van der Waals surface area (Å²) >= 11 is 0. The maximum absolute atomic E-state index is 13.7. The molecular weight excluding hydrogens is 283 g/mol. The minimum absolute atomic E-state index is 0.00726. The van der Waals surface area contributed by atoms with Crippen LogP contribution in [0.5, 0.6) is 0 Å². The molecule has 2 aromatic carbocycles. The van der Waals surface area contributed by atoms with E-state index in [0.29, 0.717) is 16.8 Å². The fraction of sp³-hybridized carbons (Fsp3) is 0.0588. The third-order valence-electron chi connectivity index (χ3n) is 3.44. The average molecular weight is 294 g/mol. The van der Waals surface area contributed by atoms with E-state index in [0.717, 1.165) is 10.9 Å². The number of aromatic amines is 1. The Morgan fingerprint density at radius 1 is 1.23 bits per heavy atom. The van der Waals surface area contributed by atoms with E-state index in [1.54, 1.807) is 30.3 Å². The Labute approximate surface area is 125 Å². The highest BCUT2D eigenvalue weighted by Gasteiger charge is 2.10. The molecule has 3 aromatic rings. The maximum Gasteiger partial charge on any atom is 0.337 e. The van der Waals surface area contributed by atoms with Gasteiger partial charge in [0.25, 0.3) is 0 Å². The first-order chi connectivity index (χ1) is 10.6. The van der Waals surface area contributed by atoms with Crippen LogP contribution in [0.4, 0.5) is 4.39 Å². The lowest BCUT2D eigenvalue weighted by molar-refractivity contribution is 0.0601. The first kappa shape index (κ1) is 13.8. The summed E-state index contributed by atoms with van der Waals surface area (Å²) in [7, 11) is 1.33. The van der Waals surface area contributed by atoms with Crippen molar-refractivity contribution < 1.29 is 13.9 Å². The molecular formula is C17H11FN2O2. The van der Waals surface area contributed by atoms with Crippen molar-refractivity contribution >= 4 is 16.9 Å². The standard InChI is InChI=1S/C17H11FN2O2/c1-22-17(21)11-4-5-15-13(6-11)8-16(20-15)10-2-3-12(9-19)14(18)7-10/h2-8,20H,1H3. The summed E-state index contributed by atoms with van der Waals surface area (Å²) in [6.07, 6.45) is 0. The summed E-state index contributed by atoms with van der Waals surface area (Å²) in [6, 6.07) is 13.2. The molecule has 0 aliphatic heterocycles. The van der Waals surface area contributed by atoms with Gasteiger partial charge in [-0.3, -0.25) is 0 Å². The summed E-state index contributed by atoms with van der Waals surface area (Å²) < 4.78 is 18.4. The SMILES string of the molecule is COC(=O)c1ccc2[nH]c(-c3ccc(C#N)c(F)c3)cc2c1. The van der Waals surface area contributed by atoms with E-state index in [2.05, 4.69) is 9.72 Å². The van der Waals surface area contributed by atoms with E-state index >= 15 is 0 Å². The van der Waals surface area contributed by atoms with E-state index in [1.807, 2.05) is 6.07 Å². The van der Waals surface area contributed by atoms with Crippen LogP contribution in [0.3, 0.4) is 0 Å². The Balaban J connectivity index is 2.07. The van der Waals surface area contributed by atoms with E-state index in [4.69, 9.17) is 5.26 Å². The first-order valence-electron chi connectivity index (χ1n) is 6.53. The molecule has 4 nitrogen and oxygen atoms in total. The lowest BCUT2D eigenvalue weighted by Crippen LogP contribution is -2.00. The van der Waals surface area contributed by atoms with Gasteiger partial charge in [-0.25, -0.2) is 9.18 Å². The molecule has 0 unspecified atom stereocenters. The highest BCUT2D eigenvalue weighted by atomic mass is 19.1. The summed E-state index contributed by atoms with van der Waals surface area (Å²) in [5.41, 5.74) is 2.62. The van der Waals surface area contributed by atoms with Crippen LogP contribution in [0, 0.1) is 17.1 Å². The highest BCUT2D eigenvalue weighted by Crippen LogP contribution is 2.26. The average Bonchev–Trinajstić information content (AvgIpc) is 2.97. The smallest absolute Gasteiger partial charge is 0.337 e. The molecule has 3 rings (SSSR count). The van der Waals surface area contributed by atoms with E-state index in [1.165, 1.54) is 19.2 Å². The fourth-order valence-electron chi connectivity index (χ4n) is 2.31. The second-order valence-corrected chi connectivity index (χ2v) is 4.78. The zero-order valence-electron chi connectivity index (χ0n) is 11.7. The molecule has 22 heavy (non-hydrogen) atoms. The number of aromatic nitrogens is 1. The minimum atomic E-state index is -0.561. The summed E-state index contributed by atoms with van der Waals surface area (Å²) in [5, 5.41) is 9.58. The van der Waals surface area contributed by atoms with E-state index in [-0.39, 0.29) is 5.56 Å². The van der Waals surface area contributed by atoms with Crippen molar-refractivity contribution in [1.29, 1.82) is 5.26 Å². The number of H-pyrrole nitrogens is 1. The van der Waals surface area contributed by atoms with Crippen LogP contribution in [0.2, 0.25) is 0 Å². The van der Waals surface area contributed by atoms with Crippen LogP contribution >= 0.6 is 0 Å². The number of methoxy groups -OCH3 is 1. The van der Waals surface area contributed by atoms with Crippen molar-refractivity contribution in [3.8, 4) is 17.3 Å². The third kappa shape index (κ3) is 2.31. The number of nitrogens with one attached hydrogen (secondary N) is 1. The Hall–Kier alpha value is -3.13. The first-order valence-corrected chi connectivity index (χ1v) is 6.53. The van der Waals surface area contributed by atoms with Gasteiger partial charge in [0.05, 0.1) is 18.2 Å². The Morgan fingerprint density at radius 3 is 2.73 bits per heavy atom. The maximum atomic E-state index is 13.7. The molecule has 0 bridgehead atoms. The molecule has 5 heteroatoms. The van der Waals surface area contributed by atoms with Crippen molar-refractivity contribution in [2.24, 2.45) is 0 Å². The van der Waals surface area contributed by atoms with Crippen LogP contribution in [-0.4, -0.2) is 18.1 Å². The van der Waals surface area contributed by atoms with Crippen molar-refractivity contribution in [3.63, 3.8) is 0 Å². The van der Waals surface area contributed by atoms with Crippen LogP contribution in [0.25, 0.3) is 22.2 Å². The molecule has 0 atom stereocenters. The molecule has 108 valence electrons. The van der Waals surface area contributed by atoms with Crippen molar-refractivity contribution in [2.75, 3.05) is 7.11 Å². The zero-order chi connectivity index (χ0) is 15.7. The number of carbonyl (C=O) groups excluding carboxylic acids is 1. The third-order valence-corrected chi connectivity index (χ3v) is 3.44. The molecule has 0 fully saturated rings. The summed E-state index contributed by atoms with van der Waals surface area (Å²) in [6.45, 7) is 0. The number of rotatable bonds is 2. The fourth-order valence-corrected chi connectivity index (χ4v) is 2.31. The van der Waals surface area contributed by atoms with Gasteiger partial charge < -0.3 is 9.72 Å². The van der Waals surface area contributed by atoms with Gasteiger partial charge in [-0.2, -0.15) is 5.26 Å². The number of hydrogen-bond acceptors (Lipinski definition) is 3. The number of ether oxygens (including phenoxy) is 1. The quantitative estimate of drug-likeness (QED) is 0.734. The predicted molar refractivity (Wildman–Crippen MR) is 79.7 cm³/mol. The summed E-state index contributed by atoms with van der Waals surface area (Å²) in [4.78, 5) is 14.7. The number of hydrogen-bond donors (Lipinski definition) is 1. The lowest BCUT2D eigenvalue weighted by Gasteiger charge is -1.99. The molecule has 1 aromatic heterocycles. The number of nitrogens with zero attached hydrogens (tertiary/aromatic N) is 1. The topological polar surface area (TPSA) is 65.9 Å². The van der Waals surface area contributed by atoms with Crippen molar-refractivity contribution in [2.45, 2.75) is 0 Å². The van der Waals surface area contributed by atoms with Crippen LogP contribution in [0.1, 0.15) is 15.9 Å². The molecule has 1 N–H and O–H groups in total. The van der Waals surface area contributed by atoms with Gasteiger partial charge in [0.1, 0.15) is 11.9 Å². The Kier molecular flexibility index (Phi) is 3.36. The van der Waals surface area contributed by atoms with Gasteiger partial charge in [0, 0.05) is 22.2 Å². The predicted octanol–water partition coefficient (Wildman–Crippen LogP) is 3.63. The number of carbonyl (C=O) groups is 1. The Morgan fingerprint density at radius 2 is 2.05 bits per heavy atom. The van der Waals surface area contributed by atoms with Crippen LogP contribution in [-0.2, 0) is 4.74 Å². The molecule has 0 aliphatic carbocycles. The van der Waals surface area contributed by atoms with Crippen molar-refractivity contribution in [3.05, 3.63) is 59.4 Å². The number of esters is 1. The molecule has 0 saturated heterocycles. The van der Waals surface area contributed by atoms with Crippen LogP contribution in [0.15, 0.2) is 42.5 Å². The molecule has 1 heterocycles. The second kappa shape index (κ2) is 5.34. The van der Waals surface area contributed by atoms with Crippen molar-refractivity contribution in [1.82, 2.24) is 4.98 Å². The van der Waals surface area contributed by atoms with Gasteiger partial charge in [0.15, 0.2) is 0 Å². The summed E-state index contributed by atoms with van der Waals surface area (Å²) in [5.74, 6) is -0.969. The number of benzene rings is 2. The number of fused-ring (bicyclic) bond motifs is 1. The van der Waals surface area contributed by atoms with Gasteiger partial charge >= 0.3 is 5.97 Å². The van der Waals surface area contributed by atoms with Gasteiger partial charge in [-0.1, -0.05) is 6.07 Å². The normalized spacial score (nSPS) is 10.4. The molecule has 0 saturated carbocycles. The van der Waals surface area contributed by atoms with Crippen LogP contribution < -0.4 is 0 Å². The van der Waals surface area contributed by atoms with E-state index in [9.17, 15) is 9.18 Å². The molecule has 0 radical (unpaired) electrons. The second-order valence-electron chi connectivity index (χ2n) is 4.78. The highest BCUT2D eigenvalue weighted by molar-refractivity contribution is 5.96. The molecule has 0 aliphatic rings. The largest absolute Gasteiger partial charge is 0.465 e. The molecule has 0 amide bonds. The minimum Gasteiger partial charge on any atom is -0.465 e. The number of nitriles is 1. The zero-order valence-corrected chi connectivity index (χ0v) is 11.7. The van der Waals surface area contributed by atoms with E-state index < -0.39 is 11.8 Å². The number of halogens is 1. The van der Waals surface area contributed by atoms with Gasteiger partial charge in [-0.05, 0) is 36.4 Å². The Bertz CT molecular complexity index is 922. The van der Waals surface area contributed by atoms with Gasteiger partial charge in [-0.15, -0.1) is 0 Å². The monoisotopic (exact) mass is 294 g/mol. The lowest BCUT2D eigenvalue weighted by atomic mass is 10.1. The molecule has 0 spiro atoms.